The molecular weight excluding hydrogens is 260 g/mol. The second kappa shape index (κ2) is 5.90. The fourth-order valence-electron chi connectivity index (χ4n) is 2.70. The summed E-state index contributed by atoms with van der Waals surface area (Å²) in [5.74, 6) is -0.507. The number of nitrogens with zero attached hydrogens (tertiary/aromatic N) is 1. The average Bonchev–Trinajstić information content (AvgIpc) is 2.68. The number of anilines is 1. The maximum atomic E-state index is 11.2. The molecule has 0 bridgehead atoms. The highest BCUT2D eigenvalue weighted by molar-refractivity contribution is 7.15. The minimum Gasteiger partial charge on any atom is -0.481 e. The Bertz CT molecular complexity index is 456. The summed E-state index contributed by atoms with van der Waals surface area (Å²) in [5, 5.41) is 13.5. The summed E-state index contributed by atoms with van der Waals surface area (Å²) in [6, 6.07) is 0.371. The largest absolute Gasteiger partial charge is 0.481 e. The molecule has 2 atom stereocenters. The highest BCUT2D eigenvalue weighted by atomic mass is 32.1. The smallest absolute Gasteiger partial charge is 0.312 e. The van der Waals surface area contributed by atoms with E-state index in [-0.39, 0.29) is 0 Å². The van der Waals surface area contributed by atoms with E-state index in [9.17, 15) is 9.90 Å². The van der Waals surface area contributed by atoms with Gasteiger partial charge < -0.3 is 10.4 Å². The third-order valence-electron chi connectivity index (χ3n) is 3.45. The molecule has 2 unspecified atom stereocenters. The summed E-state index contributed by atoms with van der Waals surface area (Å²) >= 11 is 1.63. The molecule has 1 aromatic heterocycles. The summed E-state index contributed by atoms with van der Waals surface area (Å²) in [7, 11) is 0. The van der Waals surface area contributed by atoms with Gasteiger partial charge in [0, 0.05) is 10.9 Å². The molecule has 1 heterocycles. The average molecular weight is 282 g/mol. The zero-order chi connectivity index (χ0) is 14.0. The molecule has 19 heavy (non-hydrogen) atoms. The predicted octanol–water partition coefficient (Wildman–Crippen LogP) is 3.49. The Morgan fingerprint density at radius 2 is 2.26 bits per heavy atom. The molecule has 0 saturated heterocycles. The summed E-state index contributed by atoms with van der Waals surface area (Å²) in [5.41, 5.74) is 0.794. The van der Waals surface area contributed by atoms with E-state index in [1.165, 1.54) is 0 Å². The van der Waals surface area contributed by atoms with E-state index in [1.54, 1.807) is 11.3 Å². The molecule has 5 heteroatoms. The summed E-state index contributed by atoms with van der Waals surface area (Å²) in [6.07, 6.45) is 3.73. The molecule has 0 amide bonds. The summed E-state index contributed by atoms with van der Waals surface area (Å²) < 4.78 is 0. The molecule has 0 spiro atoms. The number of hydrogen-bond acceptors (Lipinski definition) is 4. The lowest BCUT2D eigenvalue weighted by molar-refractivity contribution is -0.139. The maximum Gasteiger partial charge on any atom is 0.312 e. The van der Waals surface area contributed by atoms with E-state index in [4.69, 9.17) is 0 Å². The quantitative estimate of drug-likeness (QED) is 0.867. The van der Waals surface area contributed by atoms with Crippen LogP contribution in [0.15, 0.2) is 0 Å². The van der Waals surface area contributed by atoms with Crippen LogP contribution in [0.3, 0.4) is 0 Å². The van der Waals surface area contributed by atoms with Gasteiger partial charge in [-0.3, -0.25) is 4.79 Å². The number of carboxylic acids is 1. The second-order valence-electron chi connectivity index (χ2n) is 5.79. The van der Waals surface area contributed by atoms with Crippen molar-refractivity contribution in [2.75, 3.05) is 5.32 Å². The lowest BCUT2D eigenvalue weighted by Gasteiger charge is -2.16. The number of carbonyl (C=O) groups is 1. The van der Waals surface area contributed by atoms with Gasteiger partial charge in [-0.1, -0.05) is 13.8 Å². The molecule has 1 aliphatic rings. The van der Waals surface area contributed by atoms with Crippen molar-refractivity contribution in [2.45, 2.75) is 58.4 Å². The van der Waals surface area contributed by atoms with Crippen molar-refractivity contribution in [2.24, 2.45) is 5.92 Å². The van der Waals surface area contributed by atoms with Crippen molar-refractivity contribution in [3.8, 4) is 0 Å². The van der Waals surface area contributed by atoms with Crippen LogP contribution in [0.2, 0.25) is 0 Å². The Morgan fingerprint density at radius 3 is 2.89 bits per heavy atom. The number of aromatic nitrogens is 1. The number of rotatable bonds is 5. The Kier molecular flexibility index (Phi) is 4.45. The van der Waals surface area contributed by atoms with Crippen molar-refractivity contribution >= 4 is 22.4 Å². The van der Waals surface area contributed by atoms with Crippen LogP contribution < -0.4 is 5.32 Å². The lowest BCUT2D eigenvalue weighted by Crippen LogP contribution is -2.18. The van der Waals surface area contributed by atoms with Crippen LogP contribution in [-0.2, 0) is 11.2 Å². The van der Waals surface area contributed by atoms with Crippen molar-refractivity contribution < 1.29 is 9.90 Å². The number of hydrogen-bond donors (Lipinski definition) is 2. The Balaban J connectivity index is 2.11. The molecule has 0 aliphatic heterocycles. The summed E-state index contributed by atoms with van der Waals surface area (Å²) in [4.78, 5) is 16.9. The molecule has 0 radical (unpaired) electrons. The first-order valence-corrected chi connectivity index (χ1v) is 7.78. The van der Waals surface area contributed by atoms with Crippen molar-refractivity contribution in [1.82, 2.24) is 4.98 Å². The van der Waals surface area contributed by atoms with E-state index < -0.39 is 11.9 Å². The number of fused-ring (bicyclic) bond motifs is 1. The number of carboxylic acid groups (broad SMARTS) is 1. The van der Waals surface area contributed by atoms with E-state index in [0.29, 0.717) is 18.4 Å². The van der Waals surface area contributed by atoms with Crippen LogP contribution in [0, 0.1) is 5.92 Å². The Labute approximate surface area is 118 Å². The molecule has 106 valence electrons. The van der Waals surface area contributed by atoms with Gasteiger partial charge >= 0.3 is 5.97 Å². The van der Waals surface area contributed by atoms with Crippen LogP contribution in [0.5, 0.6) is 0 Å². The van der Waals surface area contributed by atoms with Crippen molar-refractivity contribution in [3.05, 3.63) is 10.6 Å². The Hall–Kier alpha value is -1.10. The van der Waals surface area contributed by atoms with Gasteiger partial charge in [0.1, 0.15) is 5.92 Å². The van der Waals surface area contributed by atoms with Crippen LogP contribution in [0.4, 0.5) is 5.13 Å². The zero-order valence-corrected chi connectivity index (χ0v) is 12.6. The van der Waals surface area contributed by atoms with Gasteiger partial charge in [0.15, 0.2) is 5.13 Å². The van der Waals surface area contributed by atoms with Crippen LogP contribution in [-0.4, -0.2) is 22.1 Å². The number of nitrogens with one attached hydrogen (secondary N) is 1. The van der Waals surface area contributed by atoms with Crippen LogP contribution >= 0.6 is 11.3 Å². The number of thiazole rings is 1. The van der Waals surface area contributed by atoms with Crippen LogP contribution in [0.25, 0.3) is 0 Å². The van der Waals surface area contributed by atoms with E-state index in [1.807, 2.05) is 0 Å². The number of aryl methyl sites for hydroxylation is 1. The second-order valence-corrected chi connectivity index (χ2v) is 6.87. The van der Waals surface area contributed by atoms with Gasteiger partial charge in [0.2, 0.25) is 0 Å². The maximum absolute atomic E-state index is 11.2. The van der Waals surface area contributed by atoms with Gasteiger partial charge in [-0.25, -0.2) is 4.98 Å². The highest BCUT2D eigenvalue weighted by Gasteiger charge is 2.30. The molecule has 1 aromatic rings. The molecule has 2 rings (SSSR count). The SMILES string of the molecule is CC(C)CC(C)Nc1nc2c(s1)CCCC2C(=O)O. The normalized spacial score (nSPS) is 20.1. The fourth-order valence-corrected chi connectivity index (χ4v) is 3.87. The molecule has 1 aliphatic carbocycles. The van der Waals surface area contributed by atoms with E-state index >= 15 is 0 Å². The van der Waals surface area contributed by atoms with Gasteiger partial charge in [-0.05, 0) is 38.5 Å². The minimum atomic E-state index is -0.743. The highest BCUT2D eigenvalue weighted by Crippen LogP contribution is 2.37. The first-order valence-electron chi connectivity index (χ1n) is 6.96. The van der Waals surface area contributed by atoms with E-state index in [2.05, 4.69) is 31.1 Å². The number of aliphatic carboxylic acids is 1. The lowest BCUT2D eigenvalue weighted by atomic mass is 9.91. The minimum absolute atomic E-state index is 0.371. The summed E-state index contributed by atoms with van der Waals surface area (Å²) in [6.45, 7) is 6.55. The molecular formula is C14H22N2O2S. The van der Waals surface area contributed by atoms with Gasteiger partial charge in [-0.2, -0.15) is 0 Å². The van der Waals surface area contributed by atoms with Crippen molar-refractivity contribution in [3.63, 3.8) is 0 Å². The topological polar surface area (TPSA) is 62.2 Å². The third-order valence-corrected chi connectivity index (χ3v) is 4.51. The first-order chi connectivity index (χ1) is 8.97. The standard InChI is InChI=1S/C14H22N2O2S/c1-8(2)7-9(3)15-14-16-12-10(13(17)18)5-4-6-11(12)19-14/h8-10H,4-7H2,1-3H3,(H,15,16)(H,17,18). The fraction of sp³-hybridized carbons (Fsp3) is 0.714. The predicted molar refractivity (Wildman–Crippen MR) is 78.0 cm³/mol. The molecule has 0 saturated carbocycles. The molecule has 0 aromatic carbocycles. The third kappa shape index (κ3) is 3.47. The molecule has 0 fully saturated rings. The molecule has 2 N–H and O–H groups in total. The molecule has 4 nitrogen and oxygen atoms in total. The van der Waals surface area contributed by atoms with E-state index in [0.717, 1.165) is 35.0 Å². The Morgan fingerprint density at radius 1 is 1.53 bits per heavy atom. The van der Waals surface area contributed by atoms with Gasteiger partial charge in [0.05, 0.1) is 5.69 Å². The zero-order valence-electron chi connectivity index (χ0n) is 11.8. The van der Waals surface area contributed by atoms with Gasteiger partial charge in [-0.15, -0.1) is 11.3 Å². The monoisotopic (exact) mass is 282 g/mol. The first kappa shape index (κ1) is 14.3. The van der Waals surface area contributed by atoms with Crippen LogP contribution in [0.1, 0.15) is 56.5 Å². The van der Waals surface area contributed by atoms with Crippen molar-refractivity contribution in [1.29, 1.82) is 0 Å². The van der Waals surface area contributed by atoms with Gasteiger partial charge in [0.25, 0.3) is 0 Å².